The zero-order valence-electron chi connectivity index (χ0n) is 13.2. The van der Waals surface area contributed by atoms with Gasteiger partial charge in [-0.15, -0.1) is 0 Å². The van der Waals surface area contributed by atoms with E-state index in [1.807, 2.05) is 0 Å². The standard InChI is InChI=1S/C16H24N2O3/c1-11-7-12(10-16(2,3)9-11)17-14-8-13(21-4)5-6-15(14)18(19)20/h5-6,8,11-12,17H,7,9-10H2,1-4H3. The van der Waals surface area contributed by atoms with Gasteiger partial charge in [0, 0.05) is 18.2 Å². The van der Waals surface area contributed by atoms with E-state index < -0.39 is 0 Å². The molecule has 2 atom stereocenters. The van der Waals surface area contributed by atoms with E-state index in [2.05, 4.69) is 26.1 Å². The molecule has 5 heteroatoms. The largest absolute Gasteiger partial charge is 0.497 e. The molecule has 1 aliphatic carbocycles. The van der Waals surface area contributed by atoms with Crippen LogP contribution in [0.5, 0.6) is 5.75 Å². The van der Waals surface area contributed by atoms with Gasteiger partial charge in [0.15, 0.2) is 0 Å². The molecule has 0 saturated heterocycles. The predicted molar refractivity (Wildman–Crippen MR) is 83.9 cm³/mol. The second-order valence-electron chi connectivity index (χ2n) is 6.89. The molecule has 0 bridgehead atoms. The Morgan fingerprint density at radius 1 is 1.38 bits per heavy atom. The van der Waals surface area contributed by atoms with E-state index in [1.54, 1.807) is 19.2 Å². The van der Waals surface area contributed by atoms with Crippen molar-refractivity contribution in [2.75, 3.05) is 12.4 Å². The summed E-state index contributed by atoms with van der Waals surface area (Å²) < 4.78 is 5.18. The first kappa shape index (κ1) is 15.6. The number of nitro benzene ring substituents is 1. The molecular weight excluding hydrogens is 268 g/mol. The second-order valence-corrected chi connectivity index (χ2v) is 6.89. The normalized spacial score (nSPS) is 24.4. The molecule has 1 aromatic rings. The number of hydrogen-bond acceptors (Lipinski definition) is 4. The summed E-state index contributed by atoms with van der Waals surface area (Å²) in [6, 6.07) is 5.09. The molecule has 2 rings (SSSR count). The van der Waals surface area contributed by atoms with Crippen LogP contribution in [0.25, 0.3) is 0 Å². The fraction of sp³-hybridized carbons (Fsp3) is 0.625. The van der Waals surface area contributed by atoms with Gasteiger partial charge in [0.1, 0.15) is 11.4 Å². The Morgan fingerprint density at radius 3 is 2.67 bits per heavy atom. The van der Waals surface area contributed by atoms with Crippen LogP contribution in [0.4, 0.5) is 11.4 Å². The lowest BCUT2D eigenvalue weighted by Crippen LogP contribution is -2.35. The van der Waals surface area contributed by atoms with Gasteiger partial charge in [-0.1, -0.05) is 20.8 Å². The van der Waals surface area contributed by atoms with E-state index in [0.29, 0.717) is 17.4 Å². The number of hydrogen-bond donors (Lipinski definition) is 1. The lowest BCUT2D eigenvalue weighted by molar-refractivity contribution is -0.384. The number of rotatable bonds is 4. The van der Waals surface area contributed by atoms with E-state index in [9.17, 15) is 10.1 Å². The van der Waals surface area contributed by atoms with Crippen LogP contribution in [0.2, 0.25) is 0 Å². The highest BCUT2D eigenvalue weighted by atomic mass is 16.6. The average Bonchev–Trinajstić information content (AvgIpc) is 2.35. The van der Waals surface area contributed by atoms with Gasteiger partial charge in [-0.2, -0.15) is 0 Å². The minimum atomic E-state index is -0.348. The highest BCUT2D eigenvalue weighted by Gasteiger charge is 2.32. The lowest BCUT2D eigenvalue weighted by Gasteiger charge is -2.39. The van der Waals surface area contributed by atoms with Crippen LogP contribution in [0, 0.1) is 21.4 Å². The van der Waals surface area contributed by atoms with Crippen LogP contribution in [0.1, 0.15) is 40.0 Å². The summed E-state index contributed by atoms with van der Waals surface area (Å²) >= 11 is 0. The van der Waals surface area contributed by atoms with Gasteiger partial charge in [-0.05, 0) is 36.7 Å². The summed E-state index contributed by atoms with van der Waals surface area (Å²) in [4.78, 5) is 10.8. The first-order valence-corrected chi connectivity index (χ1v) is 7.40. The maximum absolute atomic E-state index is 11.2. The van der Waals surface area contributed by atoms with Crippen LogP contribution < -0.4 is 10.1 Å². The molecular formula is C16H24N2O3. The Kier molecular flexibility index (Phi) is 4.40. The Balaban J connectivity index is 2.23. The monoisotopic (exact) mass is 292 g/mol. The molecule has 1 aromatic carbocycles. The van der Waals surface area contributed by atoms with E-state index in [-0.39, 0.29) is 22.1 Å². The molecule has 0 aliphatic heterocycles. The molecule has 1 fully saturated rings. The van der Waals surface area contributed by atoms with Crippen molar-refractivity contribution in [2.24, 2.45) is 11.3 Å². The second kappa shape index (κ2) is 5.92. The smallest absolute Gasteiger partial charge is 0.292 e. The molecule has 2 unspecified atom stereocenters. The molecule has 21 heavy (non-hydrogen) atoms. The number of nitrogens with one attached hydrogen (secondary N) is 1. The van der Waals surface area contributed by atoms with Crippen molar-refractivity contribution in [2.45, 2.75) is 46.1 Å². The quantitative estimate of drug-likeness (QED) is 0.666. The molecule has 1 saturated carbocycles. The van der Waals surface area contributed by atoms with Gasteiger partial charge < -0.3 is 10.1 Å². The Labute approximate surface area is 125 Å². The third kappa shape index (κ3) is 3.86. The molecule has 1 aliphatic rings. The Hall–Kier alpha value is -1.78. The van der Waals surface area contributed by atoms with Crippen molar-refractivity contribution in [1.82, 2.24) is 0 Å². The van der Waals surface area contributed by atoms with Crippen LogP contribution in [-0.4, -0.2) is 18.1 Å². The van der Waals surface area contributed by atoms with Crippen LogP contribution in [0.15, 0.2) is 18.2 Å². The SMILES string of the molecule is COc1ccc([N+](=O)[O-])c(NC2CC(C)CC(C)(C)C2)c1. The van der Waals surface area contributed by atoms with E-state index >= 15 is 0 Å². The predicted octanol–water partition coefficient (Wildman–Crippen LogP) is 4.23. The molecule has 0 aromatic heterocycles. The van der Waals surface area contributed by atoms with Crippen molar-refractivity contribution in [1.29, 1.82) is 0 Å². The molecule has 1 N–H and O–H groups in total. The molecule has 0 spiro atoms. The van der Waals surface area contributed by atoms with Crippen molar-refractivity contribution in [3.8, 4) is 5.75 Å². The lowest BCUT2D eigenvalue weighted by atomic mass is 9.70. The minimum Gasteiger partial charge on any atom is -0.497 e. The van der Waals surface area contributed by atoms with Crippen molar-refractivity contribution in [3.63, 3.8) is 0 Å². The number of methoxy groups -OCH3 is 1. The van der Waals surface area contributed by atoms with Crippen molar-refractivity contribution in [3.05, 3.63) is 28.3 Å². The van der Waals surface area contributed by atoms with Gasteiger partial charge >= 0.3 is 0 Å². The molecule has 0 amide bonds. The van der Waals surface area contributed by atoms with E-state index in [1.165, 1.54) is 12.5 Å². The first-order chi connectivity index (χ1) is 9.80. The Bertz CT molecular complexity index is 528. The number of nitrogens with zero attached hydrogens (tertiary/aromatic N) is 1. The van der Waals surface area contributed by atoms with Crippen LogP contribution >= 0.6 is 0 Å². The fourth-order valence-corrected chi connectivity index (χ4v) is 3.59. The van der Waals surface area contributed by atoms with E-state index in [4.69, 9.17) is 4.74 Å². The summed E-state index contributed by atoms with van der Waals surface area (Å²) in [5, 5.41) is 14.5. The Morgan fingerprint density at radius 2 is 2.10 bits per heavy atom. The van der Waals surface area contributed by atoms with Gasteiger partial charge in [-0.3, -0.25) is 10.1 Å². The zero-order valence-corrected chi connectivity index (χ0v) is 13.2. The van der Waals surface area contributed by atoms with Crippen molar-refractivity contribution >= 4 is 11.4 Å². The number of nitro groups is 1. The first-order valence-electron chi connectivity index (χ1n) is 7.40. The van der Waals surface area contributed by atoms with E-state index in [0.717, 1.165) is 12.8 Å². The third-order valence-corrected chi connectivity index (χ3v) is 4.15. The number of ether oxygens (including phenoxy) is 1. The number of benzene rings is 1. The highest BCUT2D eigenvalue weighted by molar-refractivity contribution is 5.64. The molecule has 116 valence electrons. The fourth-order valence-electron chi connectivity index (χ4n) is 3.59. The topological polar surface area (TPSA) is 64.4 Å². The maximum Gasteiger partial charge on any atom is 0.292 e. The molecule has 5 nitrogen and oxygen atoms in total. The van der Waals surface area contributed by atoms with Gasteiger partial charge in [0.2, 0.25) is 0 Å². The molecule has 0 radical (unpaired) electrons. The van der Waals surface area contributed by atoms with Crippen LogP contribution in [0.3, 0.4) is 0 Å². The maximum atomic E-state index is 11.2. The average molecular weight is 292 g/mol. The number of anilines is 1. The van der Waals surface area contributed by atoms with Crippen LogP contribution in [-0.2, 0) is 0 Å². The summed E-state index contributed by atoms with van der Waals surface area (Å²) in [6.45, 7) is 6.77. The van der Waals surface area contributed by atoms with Gasteiger partial charge in [0.05, 0.1) is 12.0 Å². The van der Waals surface area contributed by atoms with Crippen molar-refractivity contribution < 1.29 is 9.66 Å². The summed E-state index contributed by atoms with van der Waals surface area (Å²) in [5.74, 6) is 1.25. The minimum absolute atomic E-state index is 0.104. The van der Waals surface area contributed by atoms with Gasteiger partial charge in [-0.25, -0.2) is 0 Å². The third-order valence-electron chi connectivity index (χ3n) is 4.15. The summed E-state index contributed by atoms with van der Waals surface area (Å²) in [5.41, 5.74) is 0.921. The summed E-state index contributed by atoms with van der Waals surface area (Å²) in [7, 11) is 1.57. The zero-order chi connectivity index (χ0) is 15.6. The highest BCUT2D eigenvalue weighted by Crippen LogP contribution is 2.40. The molecule has 0 heterocycles. The van der Waals surface area contributed by atoms with Gasteiger partial charge in [0.25, 0.3) is 5.69 Å². The summed E-state index contributed by atoms with van der Waals surface area (Å²) in [6.07, 6.45) is 3.26.